The maximum Gasteiger partial charge on any atom is 0.250 e. The molecule has 0 radical (unpaired) electrons. The van der Waals surface area contributed by atoms with E-state index in [1.807, 2.05) is 16.8 Å². The number of aryl methyl sites for hydroxylation is 2. The van der Waals surface area contributed by atoms with Gasteiger partial charge in [0.05, 0.1) is 12.2 Å². The summed E-state index contributed by atoms with van der Waals surface area (Å²) in [6.45, 7) is 28.7. The molecule has 252 valence electrons. The summed E-state index contributed by atoms with van der Waals surface area (Å²) in [4.78, 5) is 0. The molecular formula is C38H53N3O4Si2. The van der Waals surface area contributed by atoms with Gasteiger partial charge in [0.2, 0.25) is 8.32 Å². The first-order valence-electron chi connectivity index (χ1n) is 16.8. The van der Waals surface area contributed by atoms with Gasteiger partial charge in [-0.25, -0.2) is 4.68 Å². The summed E-state index contributed by atoms with van der Waals surface area (Å²) in [6, 6.07) is 19.0. The summed E-state index contributed by atoms with van der Waals surface area (Å²) >= 11 is 0. The molecule has 5 rings (SSSR count). The van der Waals surface area contributed by atoms with E-state index in [-0.39, 0.29) is 10.1 Å². The molecule has 0 aliphatic carbocycles. The Hall–Kier alpha value is -3.57. The monoisotopic (exact) mass is 671 g/mol. The number of hydrogen-bond donors (Lipinski definition) is 0. The fourth-order valence-corrected chi connectivity index (χ4v) is 7.12. The van der Waals surface area contributed by atoms with Crippen molar-refractivity contribution in [1.29, 1.82) is 0 Å². The van der Waals surface area contributed by atoms with Crippen LogP contribution in [0.1, 0.15) is 65.2 Å². The summed E-state index contributed by atoms with van der Waals surface area (Å²) < 4.78 is 28.1. The van der Waals surface area contributed by atoms with Crippen molar-refractivity contribution in [2.24, 2.45) is 0 Å². The third-order valence-corrected chi connectivity index (χ3v) is 18.8. The Bertz CT molecular complexity index is 1730. The lowest BCUT2D eigenvalue weighted by Crippen LogP contribution is -2.44. The fourth-order valence-electron chi connectivity index (χ4n) is 5.05. The Morgan fingerprint density at radius 3 is 1.96 bits per heavy atom. The fraction of sp³-hybridized carbons (Fsp3) is 0.474. The number of hydrogen-bond acceptors (Lipinski definition) is 6. The normalized spacial score (nSPS) is 13.9. The van der Waals surface area contributed by atoms with E-state index in [1.165, 1.54) is 5.56 Å². The van der Waals surface area contributed by atoms with E-state index in [0.29, 0.717) is 19.8 Å². The Labute approximate surface area is 283 Å². The van der Waals surface area contributed by atoms with Crippen LogP contribution in [0.5, 0.6) is 23.0 Å². The topological polar surface area (TPSA) is 67.6 Å². The standard InChI is InChI=1S/C38H53N3O4Si2/c1-13-28-22-30(33(45-47(11,12)38(6,7)8)24-32(28)44-46(9,10)37(3,4)5)35-36(29-18-19-31-34(23-29)43-21-20-42-31)41(40-39-35)25-27-16-14-26(2)15-17-27/h14-19,22-24H,13,20-21,25H2,1-12H3. The van der Waals surface area contributed by atoms with Crippen LogP contribution < -0.4 is 18.3 Å². The van der Waals surface area contributed by atoms with Crippen molar-refractivity contribution in [2.45, 2.75) is 105 Å². The molecule has 1 aliphatic heterocycles. The SMILES string of the molecule is CCc1cc(-c2nnn(Cc3ccc(C)cc3)c2-c2ccc3c(c2)OCCO3)c(O[Si](C)(C)C(C)(C)C)cc1O[Si](C)(C)C(C)(C)C. The minimum Gasteiger partial charge on any atom is -0.543 e. The first kappa shape index (κ1) is 34.8. The zero-order valence-corrected chi connectivity index (χ0v) is 32.5. The third kappa shape index (κ3) is 7.31. The van der Waals surface area contributed by atoms with Gasteiger partial charge >= 0.3 is 0 Å². The van der Waals surface area contributed by atoms with Gasteiger partial charge in [-0.15, -0.1) is 5.10 Å². The highest BCUT2D eigenvalue weighted by molar-refractivity contribution is 6.75. The number of aromatic nitrogens is 3. The molecule has 4 aromatic rings. The van der Waals surface area contributed by atoms with Crippen LogP contribution in [0.25, 0.3) is 22.5 Å². The van der Waals surface area contributed by atoms with E-state index < -0.39 is 16.6 Å². The molecule has 7 nitrogen and oxygen atoms in total. The van der Waals surface area contributed by atoms with Crippen molar-refractivity contribution in [1.82, 2.24) is 15.0 Å². The van der Waals surface area contributed by atoms with Crippen LogP contribution in [-0.2, 0) is 13.0 Å². The maximum absolute atomic E-state index is 7.17. The van der Waals surface area contributed by atoms with Gasteiger partial charge in [0.15, 0.2) is 11.5 Å². The Morgan fingerprint density at radius 2 is 1.36 bits per heavy atom. The van der Waals surface area contributed by atoms with Gasteiger partial charge in [-0.3, -0.25) is 0 Å². The van der Waals surface area contributed by atoms with Crippen molar-refractivity contribution < 1.29 is 18.3 Å². The maximum atomic E-state index is 7.17. The van der Waals surface area contributed by atoms with E-state index in [4.69, 9.17) is 28.6 Å². The average Bonchev–Trinajstić information content (AvgIpc) is 3.39. The quantitative estimate of drug-likeness (QED) is 0.165. The Kier molecular flexibility index (Phi) is 9.47. The minimum absolute atomic E-state index is 0.00411. The third-order valence-electron chi connectivity index (χ3n) is 10.1. The van der Waals surface area contributed by atoms with E-state index in [1.54, 1.807) is 0 Å². The van der Waals surface area contributed by atoms with Crippen molar-refractivity contribution in [3.05, 3.63) is 71.3 Å². The predicted molar refractivity (Wildman–Crippen MR) is 197 cm³/mol. The van der Waals surface area contributed by atoms with Crippen LogP contribution in [0, 0.1) is 6.92 Å². The smallest absolute Gasteiger partial charge is 0.250 e. The number of benzene rings is 3. The summed E-state index contributed by atoms with van der Waals surface area (Å²) in [7, 11) is -4.40. The molecule has 0 saturated heterocycles. The predicted octanol–water partition coefficient (Wildman–Crippen LogP) is 10.1. The molecule has 0 spiro atoms. The summed E-state index contributed by atoms with van der Waals surface area (Å²) in [5.74, 6) is 3.18. The van der Waals surface area contributed by atoms with Crippen LogP contribution >= 0.6 is 0 Å². The molecule has 0 atom stereocenters. The van der Waals surface area contributed by atoms with Gasteiger partial charge in [-0.05, 0) is 85.0 Å². The molecule has 47 heavy (non-hydrogen) atoms. The van der Waals surface area contributed by atoms with Crippen molar-refractivity contribution >= 4 is 16.6 Å². The summed E-state index contributed by atoms with van der Waals surface area (Å²) in [5.41, 5.74) is 7.07. The van der Waals surface area contributed by atoms with Crippen molar-refractivity contribution in [2.75, 3.05) is 13.2 Å². The van der Waals surface area contributed by atoms with E-state index in [9.17, 15) is 0 Å². The molecule has 0 N–H and O–H groups in total. The number of rotatable bonds is 9. The highest BCUT2D eigenvalue weighted by Gasteiger charge is 2.42. The first-order valence-corrected chi connectivity index (χ1v) is 22.7. The molecule has 9 heteroatoms. The van der Waals surface area contributed by atoms with Crippen LogP contribution in [0.3, 0.4) is 0 Å². The summed E-state index contributed by atoms with van der Waals surface area (Å²) in [5, 5.41) is 9.74. The molecule has 0 saturated carbocycles. The van der Waals surface area contributed by atoms with E-state index in [0.717, 1.165) is 63.1 Å². The highest BCUT2D eigenvalue weighted by Crippen LogP contribution is 2.47. The zero-order chi connectivity index (χ0) is 34.4. The van der Waals surface area contributed by atoms with E-state index >= 15 is 0 Å². The van der Waals surface area contributed by atoms with Crippen LogP contribution in [0.15, 0.2) is 54.6 Å². The Balaban J connectivity index is 1.74. The molecule has 0 bridgehead atoms. The Morgan fingerprint density at radius 1 is 0.766 bits per heavy atom. The highest BCUT2D eigenvalue weighted by atomic mass is 28.4. The zero-order valence-electron chi connectivity index (χ0n) is 30.5. The number of nitrogens with zero attached hydrogens (tertiary/aromatic N) is 3. The molecule has 0 fully saturated rings. The van der Waals surface area contributed by atoms with Gasteiger partial charge < -0.3 is 18.3 Å². The lowest BCUT2D eigenvalue weighted by atomic mass is 9.99. The van der Waals surface area contributed by atoms with Gasteiger partial charge in [0.25, 0.3) is 8.32 Å². The van der Waals surface area contributed by atoms with Crippen molar-refractivity contribution in [3.63, 3.8) is 0 Å². The lowest BCUT2D eigenvalue weighted by Gasteiger charge is -2.39. The second-order valence-electron chi connectivity index (χ2n) is 15.8. The molecule has 3 aromatic carbocycles. The average molecular weight is 672 g/mol. The van der Waals surface area contributed by atoms with Gasteiger partial charge in [0.1, 0.15) is 30.4 Å². The largest absolute Gasteiger partial charge is 0.543 e. The first-order chi connectivity index (χ1) is 21.9. The number of ether oxygens (including phenoxy) is 2. The molecule has 0 unspecified atom stereocenters. The second kappa shape index (κ2) is 12.8. The van der Waals surface area contributed by atoms with E-state index in [2.05, 4.69) is 124 Å². The molecule has 1 aliphatic rings. The molecular weight excluding hydrogens is 619 g/mol. The second-order valence-corrected chi connectivity index (χ2v) is 25.3. The van der Waals surface area contributed by atoms with Crippen LogP contribution in [0.4, 0.5) is 0 Å². The van der Waals surface area contributed by atoms with Crippen LogP contribution in [0.2, 0.25) is 36.3 Å². The van der Waals surface area contributed by atoms with Gasteiger partial charge in [-0.1, -0.05) is 83.5 Å². The molecule has 0 amide bonds. The van der Waals surface area contributed by atoms with Gasteiger partial charge in [-0.2, -0.15) is 0 Å². The van der Waals surface area contributed by atoms with Crippen molar-refractivity contribution in [3.8, 4) is 45.5 Å². The van der Waals surface area contributed by atoms with Crippen LogP contribution in [-0.4, -0.2) is 44.8 Å². The lowest BCUT2D eigenvalue weighted by molar-refractivity contribution is 0.171. The number of fused-ring (bicyclic) bond motifs is 1. The van der Waals surface area contributed by atoms with Gasteiger partial charge in [0, 0.05) is 17.2 Å². The minimum atomic E-state index is -2.27. The molecule has 2 heterocycles. The molecule has 1 aromatic heterocycles. The summed E-state index contributed by atoms with van der Waals surface area (Å²) in [6.07, 6.45) is 0.814.